The van der Waals surface area contributed by atoms with Crippen LogP contribution in [0.2, 0.25) is 0 Å². The number of aliphatic hydroxyl groups excluding tert-OH is 1. The number of aliphatic hydroxyl groups is 1. The van der Waals surface area contributed by atoms with Crippen LogP contribution < -0.4 is 0 Å². The Kier molecular flexibility index (Phi) is 6.80. The lowest BCUT2D eigenvalue weighted by Crippen LogP contribution is -2.37. The monoisotopic (exact) mass is 517 g/mol. The van der Waals surface area contributed by atoms with Crippen molar-refractivity contribution in [2.75, 3.05) is 0 Å². The van der Waals surface area contributed by atoms with E-state index in [9.17, 15) is 10.4 Å². The van der Waals surface area contributed by atoms with Crippen LogP contribution in [0.3, 0.4) is 0 Å². The molecule has 0 amide bonds. The van der Waals surface area contributed by atoms with Crippen LogP contribution in [-0.4, -0.2) is 14.7 Å². The van der Waals surface area contributed by atoms with E-state index in [-0.39, 0.29) is 0 Å². The van der Waals surface area contributed by atoms with Crippen molar-refractivity contribution >= 4 is 0 Å². The van der Waals surface area contributed by atoms with Gasteiger partial charge in [0.2, 0.25) is 0 Å². The number of nitrogens with zero attached hydrogens (tertiary/aromatic N) is 3. The normalized spacial score (nSPS) is 12.0. The van der Waals surface area contributed by atoms with Crippen molar-refractivity contribution in [1.29, 1.82) is 5.26 Å². The molecule has 1 heterocycles. The number of rotatable bonds is 7. The molecule has 1 aromatic heterocycles. The minimum Gasteiger partial charge on any atom is -0.382 e. The third kappa shape index (κ3) is 4.39. The van der Waals surface area contributed by atoms with Crippen LogP contribution >= 0.6 is 0 Å². The molecule has 1 unspecified atom stereocenters. The van der Waals surface area contributed by atoms with Crippen LogP contribution in [0.4, 0.5) is 0 Å². The van der Waals surface area contributed by atoms with Gasteiger partial charge in [-0.05, 0) is 45.5 Å². The summed E-state index contributed by atoms with van der Waals surface area (Å²) in [6.45, 7) is 0. The van der Waals surface area contributed by atoms with E-state index >= 15 is 0 Å². The number of aromatic nitrogens is 2. The SMILES string of the molecule is N#Cc1ccc(-c2ccccc2C(O)c2cn(C(c3ccccc3)(c3ccccc3)c3ccccc3)cn2)cc1. The summed E-state index contributed by atoms with van der Waals surface area (Å²) in [7, 11) is 0. The lowest BCUT2D eigenvalue weighted by atomic mass is 9.77. The van der Waals surface area contributed by atoms with E-state index in [1.54, 1.807) is 12.1 Å². The van der Waals surface area contributed by atoms with Gasteiger partial charge in [0.05, 0.1) is 23.7 Å². The van der Waals surface area contributed by atoms with E-state index in [1.165, 1.54) is 0 Å². The zero-order chi connectivity index (χ0) is 27.4. The first-order valence-corrected chi connectivity index (χ1v) is 13.2. The summed E-state index contributed by atoms with van der Waals surface area (Å²) in [6.07, 6.45) is 2.82. The van der Waals surface area contributed by atoms with Gasteiger partial charge in [0.25, 0.3) is 0 Å². The van der Waals surface area contributed by atoms with Crippen molar-refractivity contribution in [3.05, 3.63) is 186 Å². The van der Waals surface area contributed by atoms with Crippen LogP contribution in [0, 0.1) is 11.3 Å². The minimum atomic E-state index is -0.951. The lowest BCUT2D eigenvalue weighted by Gasteiger charge is -2.37. The van der Waals surface area contributed by atoms with Crippen LogP contribution in [-0.2, 0) is 5.54 Å². The first-order chi connectivity index (χ1) is 19.7. The summed E-state index contributed by atoms with van der Waals surface area (Å²) >= 11 is 0. The van der Waals surface area contributed by atoms with Crippen LogP contribution in [0.5, 0.6) is 0 Å². The Balaban J connectivity index is 1.51. The molecule has 6 rings (SSSR count). The van der Waals surface area contributed by atoms with Gasteiger partial charge >= 0.3 is 0 Å². The Morgan fingerprint density at radius 1 is 0.650 bits per heavy atom. The molecule has 0 aliphatic carbocycles. The van der Waals surface area contributed by atoms with E-state index in [2.05, 4.69) is 83.4 Å². The molecule has 0 fully saturated rings. The molecule has 4 heteroatoms. The number of hydrogen-bond donors (Lipinski definition) is 1. The minimum absolute atomic E-state index is 0.549. The Morgan fingerprint density at radius 3 is 1.68 bits per heavy atom. The fourth-order valence-corrected chi connectivity index (χ4v) is 5.53. The maximum absolute atomic E-state index is 11.7. The molecular formula is C36H27N3O. The molecule has 0 saturated heterocycles. The molecule has 0 aliphatic heterocycles. The van der Waals surface area contributed by atoms with E-state index in [0.29, 0.717) is 11.3 Å². The number of benzene rings is 5. The van der Waals surface area contributed by atoms with Crippen LogP contribution in [0.25, 0.3) is 11.1 Å². The third-order valence-electron chi connectivity index (χ3n) is 7.43. The van der Waals surface area contributed by atoms with Gasteiger partial charge in [-0.3, -0.25) is 0 Å². The zero-order valence-corrected chi connectivity index (χ0v) is 21.8. The highest BCUT2D eigenvalue weighted by molar-refractivity contribution is 5.69. The molecule has 0 radical (unpaired) electrons. The highest BCUT2D eigenvalue weighted by Crippen LogP contribution is 2.41. The third-order valence-corrected chi connectivity index (χ3v) is 7.43. The summed E-state index contributed by atoms with van der Waals surface area (Å²) in [6, 6.07) is 48.5. The molecule has 0 saturated carbocycles. The molecule has 4 nitrogen and oxygen atoms in total. The van der Waals surface area contributed by atoms with Gasteiger partial charge in [0.1, 0.15) is 11.6 Å². The standard InChI is InChI=1S/C36H27N3O/c37-24-27-20-22-28(23-21-27)32-18-10-11-19-33(32)35(40)34-25-39(26-38-34)36(29-12-4-1-5-13-29,30-14-6-2-7-15-30)31-16-8-3-9-17-31/h1-23,25-26,35,40H. The molecule has 6 aromatic rings. The number of hydrogen-bond acceptors (Lipinski definition) is 3. The summed E-state index contributed by atoms with van der Waals surface area (Å²) in [5, 5.41) is 20.9. The summed E-state index contributed by atoms with van der Waals surface area (Å²) in [5.74, 6) is 0. The smallest absolute Gasteiger partial charge is 0.123 e. The second kappa shape index (κ2) is 10.9. The largest absolute Gasteiger partial charge is 0.382 e. The quantitative estimate of drug-likeness (QED) is 0.225. The van der Waals surface area contributed by atoms with E-state index in [0.717, 1.165) is 33.4 Å². The van der Waals surface area contributed by atoms with Crippen LogP contribution in [0.15, 0.2) is 152 Å². The number of nitriles is 1. The van der Waals surface area contributed by atoms with Crippen molar-refractivity contribution < 1.29 is 5.11 Å². The van der Waals surface area contributed by atoms with Crippen molar-refractivity contribution in [3.8, 4) is 17.2 Å². The van der Waals surface area contributed by atoms with E-state index in [1.807, 2.05) is 67.1 Å². The summed E-state index contributed by atoms with van der Waals surface area (Å²) in [5.41, 5.74) is 6.28. The fraction of sp³-hybridized carbons (Fsp3) is 0.0556. The van der Waals surface area contributed by atoms with Gasteiger partial charge in [0, 0.05) is 6.20 Å². The molecule has 0 aliphatic rings. The average Bonchev–Trinajstić information content (AvgIpc) is 3.53. The molecule has 5 aromatic carbocycles. The Morgan fingerprint density at radius 2 is 1.15 bits per heavy atom. The highest BCUT2D eigenvalue weighted by atomic mass is 16.3. The van der Waals surface area contributed by atoms with E-state index in [4.69, 9.17) is 4.98 Å². The predicted octanol–water partition coefficient (Wildman–Crippen LogP) is 7.34. The second-order valence-corrected chi connectivity index (χ2v) is 9.69. The number of imidazole rings is 1. The topological polar surface area (TPSA) is 61.8 Å². The molecule has 1 N–H and O–H groups in total. The summed E-state index contributed by atoms with van der Waals surface area (Å²) < 4.78 is 2.11. The molecule has 0 spiro atoms. The molecule has 40 heavy (non-hydrogen) atoms. The summed E-state index contributed by atoms with van der Waals surface area (Å²) in [4.78, 5) is 4.77. The van der Waals surface area contributed by atoms with Crippen molar-refractivity contribution in [2.45, 2.75) is 11.6 Å². The first-order valence-electron chi connectivity index (χ1n) is 13.2. The van der Waals surface area contributed by atoms with Crippen LogP contribution in [0.1, 0.15) is 39.6 Å². The fourth-order valence-electron chi connectivity index (χ4n) is 5.53. The molecular weight excluding hydrogens is 490 g/mol. The second-order valence-electron chi connectivity index (χ2n) is 9.69. The Hall–Kier alpha value is -5.24. The van der Waals surface area contributed by atoms with Gasteiger partial charge in [-0.25, -0.2) is 4.98 Å². The Bertz CT molecular complexity index is 1660. The van der Waals surface area contributed by atoms with Gasteiger partial charge in [0.15, 0.2) is 0 Å². The van der Waals surface area contributed by atoms with Gasteiger partial charge in [-0.1, -0.05) is 127 Å². The lowest BCUT2D eigenvalue weighted by molar-refractivity contribution is 0.216. The van der Waals surface area contributed by atoms with Gasteiger partial charge < -0.3 is 9.67 Å². The maximum Gasteiger partial charge on any atom is 0.123 e. The highest BCUT2D eigenvalue weighted by Gasteiger charge is 2.38. The molecule has 192 valence electrons. The first kappa shape index (κ1) is 25.1. The Labute approximate surface area is 234 Å². The average molecular weight is 518 g/mol. The zero-order valence-electron chi connectivity index (χ0n) is 21.8. The van der Waals surface area contributed by atoms with E-state index < -0.39 is 11.6 Å². The van der Waals surface area contributed by atoms with Crippen molar-refractivity contribution in [1.82, 2.24) is 9.55 Å². The molecule has 0 bridgehead atoms. The van der Waals surface area contributed by atoms with Gasteiger partial charge in [-0.15, -0.1) is 0 Å². The predicted molar refractivity (Wildman–Crippen MR) is 157 cm³/mol. The van der Waals surface area contributed by atoms with Crippen molar-refractivity contribution in [2.24, 2.45) is 0 Å². The van der Waals surface area contributed by atoms with Gasteiger partial charge in [-0.2, -0.15) is 5.26 Å². The van der Waals surface area contributed by atoms with Crippen molar-refractivity contribution in [3.63, 3.8) is 0 Å². The maximum atomic E-state index is 11.7. The molecule has 1 atom stereocenters.